The summed E-state index contributed by atoms with van der Waals surface area (Å²) in [5.74, 6) is 0.140. The average Bonchev–Trinajstić information content (AvgIpc) is 3.13. The summed E-state index contributed by atoms with van der Waals surface area (Å²) in [7, 11) is -2.77. The van der Waals surface area contributed by atoms with E-state index in [1.165, 1.54) is 42.0 Å². The maximum Gasteiger partial charge on any atom is 0.357 e. The fourth-order valence-electron chi connectivity index (χ4n) is 2.07. The summed E-state index contributed by atoms with van der Waals surface area (Å²) in [6.07, 6.45) is 0. The zero-order valence-electron chi connectivity index (χ0n) is 13.3. The Hall–Kier alpha value is -2.41. The van der Waals surface area contributed by atoms with Crippen LogP contribution in [0.1, 0.15) is 5.56 Å². The van der Waals surface area contributed by atoms with Crippen molar-refractivity contribution in [2.75, 3.05) is 7.11 Å². The van der Waals surface area contributed by atoms with Gasteiger partial charge >= 0.3 is 10.1 Å². The lowest BCUT2D eigenvalue weighted by Gasteiger charge is -2.09. The zero-order valence-corrected chi connectivity index (χ0v) is 16.6. The highest BCUT2D eigenvalue weighted by Crippen LogP contribution is 2.32. The number of hydrogen-bond donors (Lipinski definition) is 0. The van der Waals surface area contributed by atoms with Crippen molar-refractivity contribution in [3.8, 4) is 28.1 Å². The Kier molecular flexibility index (Phi) is 5.27. The third-order valence-electron chi connectivity index (χ3n) is 3.32. The summed E-state index contributed by atoms with van der Waals surface area (Å²) in [5.41, 5.74) is 1.13. The van der Waals surface area contributed by atoms with E-state index in [1.807, 2.05) is 30.3 Å². The summed E-state index contributed by atoms with van der Waals surface area (Å²) < 4.78 is 36.2. The fraction of sp³-hybridized carbons (Fsp3) is 0.0588. The van der Waals surface area contributed by atoms with Crippen LogP contribution in [0.3, 0.4) is 0 Å². The van der Waals surface area contributed by atoms with Gasteiger partial charge in [0.2, 0.25) is 5.03 Å². The maximum absolute atomic E-state index is 12.5. The molecule has 0 radical (unpaired) electrons. The van der Waals surface area contributed by atoms with Gasteiger partial charge in [0.15, 0.2) is 11.5 Å². The summed E-state index contributed by atoms with van der Waals surface area (Å²) >= 11 is 4.55. The highest BCUT2D eigenvalue weighted by molar-refractivity contribution is 9.10. The van der Waals surface area contributed by atoms with Crippen LogP contribution in [0, 0.1) is 11.3 Å². The van der Waals surface area contributed by atoms with Gasteiger partial charge in [0, 0.05) is 21.5 Å². The molecule has 132 valence electrons. The Balaban J connectivity index is 1.90. The molecule has 6 nitrogen and oxygen atoms in total. The number of hydrogen-bond acceptors (Lipinski definition) is 7. The normalized spacial score (nSPS) is 11.0. The maximum atomic E-state index is 12.5. The first kappa shape index (κ1) is 18.4. The molecule has 9 heteroatoms. The predicted molar refractivity (Wildman–Crippen MR) is 101 cm³/mol. The third-order valence-corrected chi connectivity index (χ3v) is 6.01. The van der Waals surface area contributed by atoms with Gasteiger partial charge in [-0.25, -0.2) is 4.98 Å². The van der Waals surface area contributed by atoms with Gasteiger partial charge in [0.25, 0.3) is 0 Å². The van der Waals surface area contributed by atoms with E-state index in [0.29, 0.717) is 10.6 Å². The van der Waals surface area contributed by atoms with Crippen molar-refractivity contribution in [2.24, 2.45) is 0 Å². The molecule has 0 amide bonds. The molecule has 0 fully saturated rings. The van der Waals surface area contributed by atoms with E-state index in [0.717, 1.165) is 10.0 Å². The van der Waals surface area contributed by atoms with Gasteiger partial charge in [-0.2, -0.15) is 13.7 Å². The van der Waals surface area contributed by atoms with Crippen molar-refractivity contribution in [1.82, 2.24) is 4.98 Å². The Bertz CT molecular complexity index is 1090. The first-order valence-corrected chi connectivity index (χ1v) is 10.2. The summed E-state index contributed by atoms with van der Waals surface area (Å²) in [4.78, 5) is 4.16. The second-order valence-corrected chi connectivity index (χ2v) is 8.28. The topological polar surface area (TPSA) is 89.3 Å². The van der Waals surface area contributed by atoms with Gasteiger partial charge in [-0.3, -0.25) is 0 Å². The molecule has 3 rings (SSSR count). The second kappa shape index (κ2) is 7.45. The van der Waals surface area contributed by atoms with E-state index in [4.69, 9.17) is 14.2 Å². The molecular formula is C17H11BrN2O4S2. The molecule has 26 heavy (non-hydrogen) atoms. The molecule has 3 aromatic rings. The van der Waals surface area contributed by atoms with Gasteiger partial charge in [-0.15, -0.1) is 11.3 Å². The van der Waals surface area contributed by atoms with Crippen molar-refractivity contribution in [3.05, 3.63) is 57.9 Å². The van der Waals surface area contributed by atoms with E-state index in [9.17, 15) is 8.42 Å². The zero-order chi connectivity index (χ0) is 18.7. The second-order valence-electron chi connectivity index (χ2n) is 5.01. The quantitative estimate of drug-likeness (QED) is 0.540. The SMILES string of the molecule is COc1cc(C#N)ccc1OS(=O)(=O)c1csc(-c2ccc(Br)cc2)n1. The first-order valence-electron chi connectivity index (χ1n) is 7.17. The van der Waals surface area contributed by atoms with Crippen LogP contribution in [0.2, 0.25) is 0 Å². The molecular weight excluding hydrogens is 440 g/mol. The van der Waals surface area contributed by atoms with E-state index < -0.39 is 10.1 Å². The molecule has 0 N–H and O–H groups in total. The number of methoxy groups -OCH3 is 1. The average molecular weight is 451 g/mol. The van der Waals surface area contributed by atoms with Gasteiger partial charge in [-0.1, -0.05) is 28.1 Å². The number of nitrogens with zero attached hydrogens (tertiary/aromatic N) is 2. The minimum atomic E-state index is -4.13. The Morgan fingerprint density at radius 1 is 1.15 bits per heavy atom. The monoisotopic (exact) mass is 450 g/mol. The molecule has 0 aliphatic rings. The molecule has 0 aliphatic carbocycles. The minimum absolute atomic E-state index is 0.00954. The van der Waals surface area contributed by atoms with Crippen molar-refractivity contribution >= 4 is 37.4 Å². The van der Waals surface area contributed by atoms with Crippen LogP contribution < -0.4 is 8.92 Å². The van der Waals surface area contributed by atoms with Crippen LogP contribution in [0.25, 0.3) is 10.6 Å². The van der Waals surface area contributed by atoms with Gasteiger partial charge in [-0.05, 0) is 24.3 Å². The van der Waals surface area contributed by atoms with E-state index in [-0.39, 0.29) is 16.5 Å². The van der Waals surface area contributed by atoms with Crippen LogP contribution >= 0.6 is 27.3 Å². The highest BCUT2D eigenvalue weighted by Gasteiger charge is 2.23. The molecule has 0 atom stereocenters. The predicted octanol–water partition coefficient (Wildman–Crippen LogP) is 4.22. The van der Waals surface area contributed by atoms with Crippen LogP contribution in [-0.4, -0.2) is 20.5 Å². The van der Waals surface area contributed by atoms with Crippen molar-refractivity contribution in [3.63, 3.8) is 0 Å². The van der Waals surface area contributed by atoms with E-state index in [1.54, 1.807) is 0 Å². The Morgan fingerprint density at radius 3 is 2.54 bits per heavy atom. The van der Waals surface area contributed by atoms with Crippen molar-refractivity contribution in [2.45, 2.75) is 5.03 Å². The summed E-state index contributed by atoms with van der Waals surface area (Å²) in [6, 6.07) is 13.5. The molecule has 1 aromatic heterocycles. The summed E-state index contributed by atoms with van der Waals surface area (Å²) in [5, 5.41) is 10.7. The number of aromatic nitrogens is 1. The van der Waals surface area contributed by atoms with E-state index in [2.05, 4.69) is 20.9 Å². The molecule has 0 saturated heterocycles. The van der Waals surface area contributed by atoms with Crippen molar-refractivity contribution in [1.29, 1.82) is 5.26 Å². The number of ether oxygens (including phenoxy) is 1. The van der Waals surface area contributed by atoms with Gasteiger partial charge in [0.05, 0.1) is 18.7 Å². The van der Waals surface area contributed by atoms with Crippen LogP contribution in [0.15, 0.2) is 57.3 Å². The molecule has 0 bridgehead atoms. The van der Waals surface area contributed by atoms with Gasteiger partial charge < -0.3 is 8.92 Å². The molecule has 0 spiro atoms. The fourth-order valence-corrected chi connectivity index (χ4v) is 4.35. The molecule has 0 unspecified atom stereocenters. The largest absolute Gasteiger partial charge is 0.493 e. The number of halogens is 1. The molecule has 0 aliphatic heterocycles. The van der Waals surface area contributed by atoms with Crippen LogP contribution in [0.4, 0.5) is 0 Å². The van der Waals surface area contributed by atoms with E-state index >= 15 is 0 Å². The molecule has 1 heterocycles. The van der Waals surface area contributed by atoms with Crippen LogP contribution in [0.5, 0.6) is 11.5 Å². The lowest BCUT2D eigenvalue weighted by Crippen LogP contribution is -2.11. The number of rotatable bonds is 5. The molecule has 2 aromatic carbocycles. The number of thiazole rings is 1. The lowest BCUT2D eigenvalue weighted by molar-refractivity contribution is 0.390. The first-order chi connectivity index (χ1) is 12.4. The number of benzene rings is 2. The standard InChI is InChI=1S/C17H11BrN2O4S2/c1-23-15-8-11(9-19)2-7-14(15)24-26(21,22)16-10-25-17(20-16)12-3-5-13(18)6-4-12/h2-8,10H,1H3. The summed E-state index contributed by atoms with van der Waals surface area (Å²) in [6.45, 7) is 0. The van der Waals surface area contributed by atoms with Gasteiger partial charge in [0.1, 0.15) is 5.01 Å². The van der Waals surface area contributed by atoms with Crippen molar-refractivity contribution < 1.29 is 17.3 Å². The Morgan fingerprint density at radius 2 is 1.88 bits per heavy atom. The molecule has 0 saturated carbocycles. The third kappa shape index (κ3) is 3.88. The lowest BCUT2D eigenvalue weighted by atomic mass is 10.2. The smallest absolute Gasteiger partial charge is 0.357 e. The minimum Gasteiger partial charge on any atom is -0.493 e. The Labute approximate surface area is 162 Å². The number of nitriles is 1. The highest BCUT2D eigenvalue weighted by atomic mass is 79.9. The van der Waals surface area contributed by atoms with Crippen LogP contribution in [-0.2, 0) is 10.1 Å².